The monoisotopic (exact) mass is 203 g/mol. The molecule has 1 aromatic rings. The van der Waals surface area contributed by atoms with Crippen molar-refractivity contribution in [3.63, 3.8) is 0 Å². The van der Waals surface area contributed by atoms with Gasteiger partial charge in [-0.1, -0.05) is 12.1 Å². The molecule has 0 bridgehead atoms. The lowest BCUT2D eigenvalue weighted by molar-refractivity contribution is -0.121. The Kier molecular flexibility index (Phi) is 2.41. The highest BCUT2D eigenvalue weighted by Gasteiger charge is 2.13. The SMILES string of the molecule is Cc1ccc(C2=NNC(=O)CC2)cc1N. The predicted molar refractivity (Wildman–Crippen MR) is 59.5 cm³/mol. The number of carbonyl (C=O) groups is 1. The van der Waals surface area contributed by atoms with Crippen LogP contribution in [0.3, 0.4) is 0 Å². The van der Waals surface area contributed by atoms with Crippen LogP contribution in [0.5, 0.6) is 0 Å². The second kappa shape index (κ2) is 3.73. The van der Waals surface area contributed by atoms with Crippen LogP contribution in [0.2, 0.25) is 0 Å². The summed E-state index contributed by atoms with van der Waals surface area (Å²) in [5.41, 5.74) is 12.0. The molecule has 0 unspecified atom stereocenters. The van der Waals surface area contributed by atoms with Crippen LogP contribution in [0.25, 0.3) is 0 Å². The maximum Gasteiger partial charge on any atom is 0.240 e. The molecule has 0 aromatic heterocycles. The van der Waals surface area contributed by atoms with Crippen molar-refractivity contribution in [1.29, 1.82) is 0 Å². The van der Waals surface area contributed by atoms with E-state index in [-0.39, 0.29) is 5.91 Å². The molecule has 0 atom stereocenters. The number of nitrogens with two attached hydrogens (primary N) is 1. The summed E-state index contributed by atoms with van der Waals surface area (Å²) >= 11 is 0. The van der Waals surface area contributed by atoms with Gasteiger partial charge in [0.2, 0.25) is 5.91 Å². The summed E-state index contributed by atoms with van der Waals surface area (Å²) < 4.78 is 0. The first-order valence-electron chi connectivity index (χ1n) is 4.89. The quantitative estimate of drug-likeness (QED) is 0.673. The summed E-state index contributed by atoms with van der Waals surface area (Å²) in [6, 6.07) is 5.83. The van der Waals surface area contributed by atoms with Crippen LogP contribution >= 0.6 is 0 Å². The van der Waals surface area contributed by atoms with E-state index in [1.54, 1.807) is 0 Å². The van der Waals surface area contributed by atoms with Crippen molar-refractivity contribution in [3.05, 3.63) is 29.3 Å². The number of hydrazone groups is 1. The number of anilines is 1. The first kappa shape index (κ1) is 9.71. The Morgan fingerprint density at radius 2 is 2.20 bits per heavy atom. The molecule has 0 fully saturated rings. The van der Waals surface area contributed by atoms with E-state index in [2.05, 4.69) is 10.5 Å². The molecular weight excluding hydrogens is 190 g/mol. The average Bonchev–Trinajstić information content (AvgIpc) is 2.23. The Labute approximate surface area is 88.2 Å². The number of carbonyl (C=O) groups excluding carboxylic acids is 1. The highest BCUT2D eigenvalue weighted by molar-refractivity contribution is 6.04. The highest BCUT2D eigenvalue weighted by atomic mass is 16.2. The molecule has 4 nitrogen and oxygen atoms in total. The Balaban J connectivity index is 2.30. The first-order valence-corrected chi connectivity index (χ1v) is 4.89. The number of rotatable bonds is 1. The van der Waals surface area contributed by atoms with Gasteiger partial charge in [-0.25, -0.2) is 5.43 Å². The van der Waals surface area contributed by atoms with E-state index in [9.17, 15) is 4.79 Å². The number of benzene rings is 1. The summed E-state index contributed by atoms with van der Waals surface area (Å²) in [4.78, 5) is 10.9. The number of nitrogens with one attached hydrogen (secondary N) is 1. The fraction of sp³-hybridized carbons (Fsp3) is 0.273. The Bertz CT molecular complexity index is 437. The van der Waals surface area contributed by atoms with Gasteiger partial charge in [-0.3, -0.25) is 4.79 Å². The van der Waals surface area contributed by atoms with Crippen LogP contribution in [0, 0.1) is 6.92 Å². The second-order valence-electron chi connectivity index (χ2n) is 3.66. The van der Waals surface area contributed by atoms with Gasteiger partial charge in [0.15, 0.2) is 0 Å². The van der Waals surface area contributed by atoms with Crippen LogP contribution < -0.4 is 11.2 Å². The van der Waals surface area contributed by atoms with E-state index in [0.29, 0.717) is 12.8 Å². The van der Waals surface area contributed by atoms with E-state index < -0.39 is 0 Å². The Morgan fingerprint density at radius 3 is 2.80 bits per heavy atom. The van der Waals surface area contributed by atoms with Crippen molar-refractivity contribution < 1.29 is 4.79 Å². The molecule has 0 saturated carbocycles. The summed E-state index contributed by atoms with van der Waals surface area (Å²) in [5, 5.41) is 4.01. The largest absolute Gasteiger partial charge is 0.398 e. The molecule has 15 heavy (non-hydrogen) atoms. The lowest BCUT2D eigenvalue weighted by Crippen LogP contribution is -2.25. The molecule has 1 aromatic carbocycles. The number of hydrogen-bond donors (Lipinski definition) is 2. The number of aryl methyl sites for hydroxylation is 1. The normalized spacial score (nSPS) is 15.8. The van der Waals surface area contributed by atoms with Crippen LogP contribution in [0.4, 0.5) is 5.69 Å². The predicted octanol–water partition coefficient (Wildman–Crippen LogP) is 1.19. The zero-order chi connectivity index (χ0) is 10.8. The van der Waals surface area contributed by atoms with Gasteiger partial charge in [0.1, 0.15) is 0 Å². The molecule has 2 rings (SSSR count). The van der Waals surface area contributed by atoms with Gasteiger partial charge in [0.05, 0.1) is 5.71 Å². The molecule has 1 heterocycles. The minimum atomic E-state index is -0.0289. The third-order valence-electron chi connectivity index (χ3n) is 2.52. The minimum absolute atomic E-state index is 0.0289. The average molecular weight is 203 g/mol. The smallest absolute Gasteiger partial charge is 0.240 e. The number of amides is 1. The third kappa shape index (κ3) is 1.98. The van der Waals surface area contributed by atoms with Crippen LogP contribution in [0.1, 0.15) is 24.0 Å². The molecule has 1 aliphatic rings. The third-order valence-corrected chi connectivity index (χ3v) is 2.52. The maximum atomic E-state index is 10.9. The lowest BCUT2D eigenvalue weighted by atomic mass is 10.0. The number of nitrogen functional groups attached to an aromatic ring is 1. The van der Waals surface area contributed by atoms with E-state index in [1.165, 1.54) is 0 Å². The molecule has 0 radical (unpaired) electrons. The summed E-state index contributed by atoms with van der Waals surface area (Å²) in [7, 11) is 0. The second-order valence-corrected chi connectivity index (χ2v) is 3.66. The fourth-order valence-corrected chi connectivity index (χ4v) is 1.50. The Morgan fingerprint density at radius 1 is 1.40 bits per heavy atom. The van der Waals surface area contributed by atoms with Crippen molar-refractivity contribution in [2.45, 2.75) is 19.8 Å². The molecule has 0 aliphatic carbocycles. The molecule has 0 spiro atoms. The molecule has 3 N–H and O–H groups in total. The van der Waals surface area contributed by atoms with Gasteiger partial charge in [-0.2, -0.15) is 5.10 Å². The van der Waals surface area contributed by atoms with E-state index in [0.717, 1.165) is 22.5 Å². The van der Waals surface area contributed by atoms with Crippen LogP contribution in [0.15, 0.2) is 23.3 Å². The summed E-state index contributed by atoms with van der Waals surface area (Å²) in [6.45, 7) is 1.96. The molecule has 1 amide bonds. The van der Waals surface area contributed by atoms with Crippen LogP contribution in [-0.2, 0) is 4.79 Å². The number of hydrogen-bond acceptors (Lipinski definition) is 3. The van der Waals surface area contributed by atoms with E-state index >= 15 is 0 Å². The molecular formula is C11H13N3O. The molecule has 4 heteroatoms. The first-order chi connectivity index (χ1) is 7.16. The van der Waals surface area contributed by atoms with Gasteiger partial charge in [0, 0.05) is 18.5 Å². The summed E-state index contributed by atoms with van der Waals surface area (Å²) in [6.07, 6.45) is 1.17. The van der Waals surface area contributed by atoms with Crippen molar-refractivity contribution in [1.82, 2.24) is 5.43 Å². The summed E-state index contributed by atoms with van der Waals surface area (Å²) in [5.74, 6) is -0.0289. The Hall–Kier alpha value is -1.84. The standard InChI is InChI=1S/C11H13N3O/c1-7-2-3-8(6-9(7)12)10-4-5-11(15)14-13-10/h2-3,6H,4-5,12H2,1H3,(H,14,15). The van der Waals surface area contributed by atoms with Crippen molar-refractivity contribution in [2.75, 3.05) is 5.73 Å². The zero-order valence-electron chi connectivity index (χ0n) is 8.58. The van der Waals surface area contributed by atoms with Gasteiger partial charge < -0.3 is 5.73 Å². The van der Waals surface area contributed by atoms with Crippen LogP contribution in [-0.4, -0.2) is 11.6 Å². The maximum absolute atomic E-state index is 10.9. The molecule has 78 valence electrons. The topological polar surface area (TPSA) is 67.5 Å². The van der Waals surface area contributed by atoms with E-state index in [1.807, 2.05) is 25.1 Å². The van der Waals surface area contributed by atoms with Crippen molar-refractivity contribution in [2.24, 2.45) is 5.10 Å². The number of nitrogens with zero attached hydrogens (tertiary/aromatic N) is 1. The fourth-order valence-electron chi connectivity index (χ4n) is 1.50. The molecule has 0 saturated heterocycles. The van der Waals surface area contributed by atoms with Gasteiger partial charge >= 0.3 is 0 Å². The highest BCUT2D eigenvalue weighted by Crippen LogP contribution is 2.16. The van der Waals surface area contributed by atoms with Gasteiger partial charge in [0.25, 0.3) is 0 Å². The van der Waals surface area contributed by atoms with Gasteiger partial charge in [-0.15, -0.1) is 0 Å². The lowest BCUT2D eigenvalue weighted by Gasteiger charge is -2.12. The van der Waals surface area contributed by atoms with Gasteiger partial charge in [-0.05, 0) is 24.1 Å². The minimum Gasteiger partial charge on any atom is -0.398 e. The molecule has 1 aliphatic heterocycles. The van der Waals surface area contributed by atoms with E-state index in [4.69, 9.17) is 5.73 Å². The zero-order valence-corrected chi connectivity index (χ0v) is 8.58. The van der Waals surface area contributed by atoms with Crippen molar-refractivity contribution >= 4 is 17.3 Å². The van der Waals surface area contributed by atoms with Crippen molar-refractivity contribution in [3.8, 4) is 0 Å².